The van der Waals surface area contributed by atoms with Gasteiger partial charge < -0.3 is 10.5 Å². The van der Waals surface area contributed by atoms with Crippen LogP contribution in [0.4, 0.5) is 4.39 Å². The minimum atomic E-state index is -0.544. The highest BCUT2D eigenvalue weighted by Crippen LogP contribution is 2.39. The van der Waals surface area contributed by atoms with Crippen LogP contribution in [0.15, 0.2) is 42.5 Å². The molecule has 3 unspecified atom stereocenters. The fraction of sp³-hybridized carbons (Fsp3) is 0.381. The van der Waals surface area contributed by atoms with E-state index in [0.29, 0.717) is 18.2 Å². The third-order valence-electron chi connectivity index (χ3n) is 5.58. The zero-order valence-electron chi connectivity index (χ0n) is 14.6. The summed E-state index contributed by atoms with van der Waals surface area (Å²) in [4.78, 5) is 2.46. The average Bonchev–Trinajstić information content (AvgIpc) is 3.27. The van der Waals surface area contributed by atoms with E-state index in [1.807, 2.05) is 18.2 Å². The molecule has 1 aliphatic carbocycles. The minimum absolute atomic E-state index is 0.0334. The van der Waals surface area contributed by atoms with Crippen LogP contribution in [0.1, 0.15) is 29.2 Å². The summed E-state index contributed by atoms with van der Waals surface area (Å²) in [5, 5.41) is 8.91. The number of nitrogens with two attached hydrogens (primary N) is 1. The predicted octanol–water partition coefficient (Wildman–Crippen LogP) is 3.02. The SMILES string of the molecule is N#Cc1ccc(OC2c3ccccc3CC2N2CCC(CN)C2)cc1F. The molecule has 2 aromatic carbocycles. The molecular formula is C21H22FN3O. The number of ether oxygens (including phenoxy) is 1. The fourth-order valence-corrected chi connectivity index (χ4v) is 4.16. The fourth-order valence-electron chi connectivity index (χ4n) is 4.16. The highest BCUT2D eigenvalue weighted by atomic mass is 19.1. The van der Waals surface area contributed by atoms with Crippen LogP contribution in [0.5, 0.6) is 5.75 Å². The molecule has 2 aliphatic rings. The Morgan fingerprint density at radius 3 is 2.85 bits per heavy atom. The van der Waals surface area contributed by atoms with Crippen molar-refractivity contribution in [3.05, 3.63) is 65.0 Å². The van der Waals surface area contributed by atoms with Crippen molar-refractivity contribution >= 4 is 0 Å². The molecule has 5 heteroatoms. The summed E-state index contributed by atoms with van der Waals surface area (Å²) < 4.78 is 20.2. The molecule has 2 N–H and O–H groups in total. The van der Waals surface area contributed by atoms with Gasteiger partial charge in [-0.25, -0.2) is 4.39 Å². The summed E-state index contributed by atoms with van der Waals surface area (Å²) >= 11 is 0. The van der Waals surface area contributed by atoms with E-state index in [4.69, 9.17) is 15.7 Å². The number of hydrogen-bond donors (Lipinski definition) is 1. The minimum Gasteiger partial charge on any atom is -0.484 e. The second-order valence-electron chi connectivity index (χ2n) is 7.15. The summed E-state index contributed by atoms with van der Waals surface area (Å²) in [5.41, 5.74) is 8.34. The van der Waals surface area contributed by atoms with Gasteiger partial charge in [-0.15, -0.1) is 0 Å². The molecule has 0 radical (unpaired) electrons. The number of hydrogen-bond acceptors (Lipinski definition) is 4. The van der Waals surface area contributed by atoms with Crippen molar-refractivity contribution in [2.45, 2.75) is 25.0 Å². The van der Waals surface area contributed by atoms with E-state index in [0.717, 1.165) is 25.9 Å². The van der Waals surface area contributed by atoms with Crippen molar-refractivity contribution in [1.82, 2.24) is 4.90 Å². The molecule has 1 heterocycles. The van der Waals surface area contributed by atoms with Crippen LogP contribution in [0.3, 0.4) is 0 Å². The number of halogens is 1. The monoisotopic (exact) mass is 351 g/mol. The first kappa shape index (κ1) is 17.0. The summed E-state index contributed by atoms with van der Waals surface area (Å²) in [5.74, 6) is 0.451. The van der Waals surface area contributed by atoms with Crippen molar-refractivity contribution in [3.63, 3.8) is 0 Å². The number of benzene rings is 2. The summed E-state index contributed by atoms with van der Waals surface area (Å²) in [7, 11) is 0. The van der Waals surface area contributed by atoms with Gasteiger partial charge in [0.2, 0.25) is 0 Å². The number of nitrogens with zero attached hydrogens (tertiary/aromatic N) is 2. The van der Waals surface area contributed by atoms with Gasteiger partial charge in [0, 0.05) is 12.6 Å². The Kier molecular flexibility index (Phi) is 4.62. The Bertz CT molecular complexity index is 847. The lowest BCUT2D eigenvalue weighted by Crippen LogP contribution is -2.39. The van der Waals surface area contributed by atoms with Crippen molar-refractivity contribution < 1.29 is 9.13 Å². The normalized spacial score (nSPS) is 25.0. The average molecular weight is 351 g/mol. The highest BCUT2D eigenvalue weighted by molar-refractivity contribution is 5.40. The zero-order chi connectivity index (χ0) is 18.1. The van der Waals surface area contributed by atoms with Gasteiger partial charge in [-0.3, -0.25) is 4.90 Å². The number of rotatable bonds is 4. The van der Waals surface area contributed by atoms with Gasteiger partial charge >= 0.3 is 0 Å². The van der Waals surface area contributed by atoms with E-state index < -0.39 is 5.82 Å². The smallest absolute Gasteiger partial charge is 0.144 e. The maximum Gasteiger partial charge on any atom is 0.144 e. The van der Waals surface area contributed by atoms with Gasteiger partial charge in [-0.1, -0.05) is 24.3 Å². The topological polar surface area (TPSA) is 62.3 Å². The molecule has 0 aromatic heterocycles. The van der Waals surface area contributed by atoms with Gasteiger partial charge in [0.15, 0.2) is 0 Å². The second kappa shape index (κ2) is 7.06. The first-order chi connectivity index (χ1) is 12.7. The van der Waals surface area contributed by atoms with Gasteiger partial charge in [0.05, 0.1) is 11.6 Å². The molecule has 3 atom stereocenters. The van der Waals surface area contributed by atoms with Crippen molar-refractivity contribution in [2.75, 3.05) is 19.6 Å². The van der Waals surface area contributed by atoms with Gasteiger partial charge in [-0.05, 0) is 55.1 Å². The molecular weight excluding hydrogens is 329 g/mol. The Labute approximate surface area is 153 Å². The zero-order valence-corrected chi connectivity index (χ0v) is 14.6. The molecule has 4 nitrogen and oxygen atoms in total. The predicted molar refractivity (Wildman–Crippen MR) is 97.2 cm³/mol. The number of likely N-dealkylation sites (tertiary alicyclic amines) is 1. The van der Waals surface area contributed by atoms with E-state index in [1.165, 1.54) is 23.3 Å². The van der Waals surface area contributed by atoms with Crippen molar-refractivity contribution in [2.24, 2.45) is 11.7 Å². The van der Waals surface area contributed by atoms with Crippen LogP contribution < -0.4 is 10.5 Å². The first-order valence-corrected chi connectivity index (χ1v) is 9.08. The van der Waals surface area contributed by atoms with E-state index in [-0.39, 0.29) is 17.7 Å². The van der Waals surface area contributed by atoms with Crippen molar-refractivity contribution in [1.29, 1.82) is 5.26 Å². The molecule has 26 heavy (non-hydrogen) atoms. The van der Waals surface area contributed by atoms with Crippen LogP contribution in [0, 0.1) is 23.1 Å². The van der Waals surface area contributed by atoms with Crippen molar-refractivity contribution in [3.8, 4) is 11.8 Å². The summed E-state index contributed by atoms with van der Waals surface area (Å²) in [6.45, 7) is 2.71. The van der Waals surface area contributed by atoms with Crippen LogP contribution in [-0.4, -0.2) is 30.6 Å². The van der Waals surface area contributed by atoms with Gasteiger partial charge in [0.1, 0.15) is 23.7 Å². The van der Waals surface area contributed by atoms with Crippen LogP contribution in [0.2, 0.25) is 0 Å². The largest absolute Gasteiger partial charge is 0.484 e. The first-order valence-electron chi connectivity index (χ1n) is 9.08. The van der Waals surface area contributed by atoms with Crippen LogP contribution in [0.25, 0.3) is 0 Å². The molecule has 0 bridgehead atoms. The summed E-state index contributed by atoms with van der Waals surface area (Å²) in [6, 6.07) is 14.8. The quantitative estimate of drug-likeness (QED) is 0.920. The van der Waals surface area contributed by atoms with Gasteiger partial charge in [0.25, 0.3) is 0 Å². The second-order valence-corrected chi connectivity index (χ2v) is 7.15. The lowest BCUT2D eigenvalue weighted by Gasteiger charge is -2.30. The molecule has 0 spiro atoms. The summed E-state index contributed by atoms with van der Waals surface area (Å²) in [6.07, 6.45) is 1.90. The molecule has 0 amide bonds. The molecule has 1 saturated heterocycles. The molecule has 2 aromatic rings. The van der Waals surface area contributed by atoms with Gasteiger partial charge in [-0.2, -0.15) is 5.26 Å². The number of nitriles is 1. The van der Waals surface area contributed by atoms with E-state index in [9.17, 15) is 4.39 Å². The van der Waals surface area contributed by atoms with E-state index >= 15 is 0 Å². The number of fused-ring (bicyclic) bond motifs is 1. The third-order valence-corrected chi connectivity index (χ3v) is 5.58. The molecule has 1 fully saturated rings. The maximum atomic E-state index is 14.0. The standard InChI is InChI=1S/C21H22FN3O/c22-19-10-17(6-5-16(19)12-24)26-21-18-4-2-1-3-15(18)9-20(21)25-8-7-14(11-23)13-25/h1-6,10,14,20-21H,7-9,11,13,23H2. The lowest BCUT2D eigenvalue weighted by atomic mass is 10.1. The Balaban J connectivity index is 1.62. The van der Waals surface area contributed by atoms with Crippen LogP contribution >= 0.6 is 0 Å². The highest BCUT2D eigenvalue weighted by Gasteiger charge is 2.40. The third kappa shape index (κ3) is 3.07. The maximum absolute atomic E-state index is 14.0. The Hall–Kier alpha value is -2.42. The lowest BCUT2D eigenvalue weighted by molar-refractivity contribution is 0.0914. The Morgan fingerprint density at radius 1 is 1.27 bits per heavy atom. The molecule has 134 valence electrons. The molecule has 1 aliphatic heterocycles. The van der Waals surface area contributed by atoms with Crippen LogP contribution in [-0.2, 0) is 6.42 Å². The molecule has 0 saturated carbocycles. The Morgan fingerprint density at radius 2 is 2.12 bits per heavy atom. The van der Waals surface area contributed by atoms with E-state index in [2.05, 4.69) is 17.0 Å². The van der Waals surface area contributed by atoms with E-state index in [1.54, 1.807) is 6.07 Å². The molecule has 4 rings (SSSR count).